The first-order chi connectivity index (χ1) is 7.29. The van der Waals surface area contributed by atoms with E-state index >= 15 is 0 Å². The number of nitrogens with zero attached hydrogens (tertiary/aromatic N) is 2. The summed E-state index contributed by atoms with van der Waals surface area (Å²) in [4.78, 5) is 0. The van der Waals surface area contributed by atoms with E-state index in [2.05, 4.69) is 29.4 Å². The van der Waals surface area contributed by atoms with Crippen LogP contribution in [0.15, 0.2) is 23.0 Å². The molecular weight excluding hydrogens is 210 g/mol. The van der Waals surface area contributed by atoms with Gasteiger partial charge >= 0.3 is 0 Å². The fourth-order valence-corrected chi connectivity index (χ4v) is 2.01. The van der Waals surface area contributed by atoms with E-state index in [-0.39, 0.29) is 6.04 Å². The van der Waals surface area contributed by atoms with Gasteiger partial charge in [-0.15, -0.1) is 10.2 Å². The maximum Gasteiger partial charge on any atom is 0.206 e. The Kier molecular flexibility index (Phi) is 3.01. The molecule has 2 heterocycles. The quantitative estimate of drug-likeness (QED) is 0.866. The van der Waals surface area contributed by atoms with Crippen LogP contribution in [-0.4, -0.2) is 10.2 Å². The van der Waals surface area contributed by atoms with Gasteiger partial charge < -0.3 is 9.73 Å². The molecule has 0 aliphatic carbocycles. The minimum Gasteiger partial charge on any atom is -0.472 e. The van der Waals surface area contributed by atoms with Gasteiger partial charge in [0.05, 0.1) is 18.6 Å². The van der Waals surface area contributed by atoms with Gasteiger partial charge in [0.1, 0.15) is 5.01 Å². The normalized spacial score (nSPS) is 12.7. The molecule has 2 aromatic rings. The van der Waals surface area contributed by atoms with Crippen LogP contribution in [0.4, 0.5) is 5.13 Å². The van der Waals surface area contributed by atoms with Gasteiger partial charge in [-0.3, -0.25) is 0 Å². The molecule has 0 aliphatic rings. The molecule has 0 amide bonds. The van der Waals surface area contributed by atoms with Crippen LogP contribution in [0, 0.1) is 0 Å². The minimum atomic E-state index is 0.196. The molecule has 0 saturated heterocycles. The largest absolute Gasteiger partial charge is 0.472 e. The molecule has 0 fully saturated rings. The van der Waals surface area contributed by atoms with Crippen LogP contribution in [0.25, 0.3) is 0 Å². The van der Waals surface area contributed by atoms with Crippen molar-refractivity contribution in [2.24, 2.45) is 0 Å². The van der Waals surface area contributed by atoms with Crippen LogP contribution >= 0.6 is 11.3 Å². The Balaban J connectivity index is 2.02. The zero-order valence-electron chi connectivity index (χ0n) is 8.73. The number of anilines is 1. The van der Waals surface area contributed by atoms with E-state index in [0.717, 1.165) is 22.1 Å². The molecule has 2 rings (SSSR count). The van der Waals surface area contributed by atoms with Gasteiger partial charge in [-0.2, -0.15) is 0 Å². The molecule has 1 unspecified atom stereocenters. The minimum absolute atomic E-state index is 0.196. The van der Waals surface area contributed by atoms with Crippen LogP contribution in [-0.2, 0) is 6.42 Å². The zero-order valence-corrected chi connectivity index (χ0v) is 9.54. The fraction of sp³-hybridized carbons (Fsp3) is 0.400. The van der Waals surface area contributed by atoms with Crippen molar-refractivity contribution in [1.29, 1.82) is 0 Å². The standard InChI is InChI=1S/C10H13N3OS/c1-3-9-12-13-10(15-9)11-7(2)8-4-5-14-6-8/h4-7H,3H2,1-2H3,(H,11,13). The van der Waals surface area contributed by atoms with Crippen molar-refractivity contribution in [3.8, 4) is 0 Å². The van der Waals surface area contributed by atoms with Crippen molar-refractivity contribution in [1.82, 2.24) is 10.2 Å². The van der Waals surface area contributed by atoms with E-state index in [4.69, 9.17) is 4.42 Å². The lowest BCUT2D eigenvalue weighted by Crippen LogP contribution is -2.04. The van der Waals surface area contributed by atoms with Gasteiger partial charge in [0, 0.05) is 5.56 Å². The predicted molar refractivity (Wildman–Crippen MR) is 60.0 cm³/mol. The van der Waals surface area contributed by atoms with Crippen molar-refractivity contribution in [2.75, 3.05) is 5.32 Å². The Bertz CT molecular complexity index is 410. The van der Waals surface area contributed by atoms with Crippen LogP contribution in [0.3, 0.4) is 0 Å². The monoisotopic (exact) mass is 223 g/mol. The molecule has 5 heteroatoms. The molecule has 2 aromatic heterocycles. The van der Waals surface area contributed by atoms with Gasteiger partial charge in [-0.1, -0.05) is 18.3 Å². The predicted octanol–water partition coefficient (Wildman–Crippen LogP) is 2.87. The van der Waals surface area contributed by atoms with E-state index in [1.165, 1.54) is 0 Å². The van der Waals surface area contributed by atoms with Crippen molar-refractivity contribution in [3.63, 3.8) is 0 Å². The lowest BCUT2D eigenvalue weighted by atomic mass is 10.2. The Hall–Kier alpha value is -1.36. The van der Waals surface area contributed by atoms with Gasteiger partial charge in [0.25, 0.3) is 0 Å². The van der Waals surface area contributed by atoms with Crippen LogP contribution in [0.1, 0.15) is 30.5 Å². The third-order valence-electron chi connectivity index (χ3n) is 2.15. The lowest BCUT2D eigenvalue weighted by molar-refractivity contribution is 0.562. The summed E-state index contributed by atoms with van der Waals surface area (Å²) in [6.07, 6.45) is 4.34. The first kappa shape index (κ1) is 10.2. The molecule has 0 radical (unpaired) electrons. The molecule has 80 valence electrons. The van der Waals surface area contributed by atoms with Crippen molar-refractivity contribution in [3.05, 3.63) is 29.2 Å². The number of hydrogen-bond acceptors (Lipinski definition) is 5. The second-order valence-corrected chi connectivity index (χ2v) is 4.34. The van der Waals surface area contributed by atoms with Crippen LogP contribution < -0.4 is 5.32 Å². The van der Waals surface area contributed by atoms with Crippen molar-refractivity contribution < 1.29 is 4.42 Å². The molecule has 0 spiro atoms. The summed E-state index contributed by atoms with van der Waals surface area (Å²) < 4.78 is 5.03. The second-order valence-electron chi connectivity index (χ2n) is 3.28. The molecule has 1 atom stereocenters. The Labute approximate surface area is 92.3 Å². The molecule has 0 aromatic carbocycles. The van der Waals surface area contributed by atoms with E-state index in [9.17, 15) is 0 Å². The number of furan rings is 1. The van der Waals surface area contributed by atoms with E-state index in [0.29, 0.717) is 0 Å². The maximum absolute atomic E-state index is 5.03. The lowest BCUT2D eigenvalue weighted by Gasteiger charge is -2.09. The highest BCUT2D eigenvalue weighted by molar-refractivity contribution is 7.15. The van der Waals surface area contributed by atoms with Crippen LogP contribution in [0.2, 0.25) is 0 Å². The Morgan fingerprint density at radius 2 is 2.40 bits per heavy atom. The van der Waals surface area contributed by atoms with Gasteiger partial charge in [0.15, 0.2) is 0 Å². The number of nitrogens with one attached hydrogen (secondary N) is 1. The number of hydrogen-bond donors (Lipinski definition) is 1. The highest BCUT2D eigenvalue weighted by atomic mass is 32.1. The average Bonchev–Trinajstić information content (AvgIpc) is 2.87. The SMILES string of the molecule is CCc1nnc(NC(C)c2ccoc2)s1. The van der Waals surface area contributed by atoms with Gasteiger partial charge in [-0.25, -0.2) is 0 Å². The molecule has 1 N–H and O–H groups in total. The summed E-state index contributed by atoms with van der Waals surface area (Å²) in [7, 11) is 0. The molecule has 15 heavy (non-hydrogen) atoms. The maximum atomic E-state index is 5.03. The summed E-state index contributed by atoms with van der Waals surface area (Å²) in [5, 5.41) is 13.3. The summed E-state index contributed by atoms with van der Waals surface area (Å²) in [5.74, 6) is 0. The summed E-state index contributed by atoms with van der Waals surface area (Å²) >= 11 is 1.59. The smallest absolute Gasteiger partial charge is 0.206 e. The number of aryl methyl sites for hydroxylation is 1. The first-order valence-corrected chi connectivity index (χ1v) is 5.72. The number of aromatic nitrogens is 2. The molecular formula is C10H13N3OS. The van der Waals surface area contributed by atoms with Crippen LogP contribution in [0.5, 0.6) is 0 Å². The summed E-state index contributed by atoms with van der Waals surface area (Å²) in [5.41, 5.74) is 1.11. The highest BCUT2D eigenvalue weighted by Crippen LogP contribution is 2.22. The van der Waals surface area contributed by atoms with Gasteiger partial charge in [-0.05, 0) is 19.4 Å². The highest BCUT2D eigenvalue weighted by Gasteiger charge is 2.09. The topological polar surface area (TPSA) is 51.0 Å². The third kappa shape index (κ3) is 2.36. The van der Waals surface area contributed by atoms with Crippen molar-refractivity contribution in [2.45, 2.75) is 26.3 Å². The van der Waals surface area contributed by atoms with E-state index < -0.39 is 0 Å². The summed E-state index contributed by atoms with van der Waals surface area (Å²) in [6.45, 7) is 4.14. The van der Waals surface area contributed by atoms with E-state index in [1.54, 1.807) is 23.9 Å². The Morgan fingerprint density at radius 1 is 1.53 bits per heavy atom. The van der Waals surface area contributed by atoms with Crippen molar-refractivity contribution >= 4 is 16.5 Å². The third-order valence-corrected chi connectivity index (χ3v) is 3.15. The summed E-state index contributed by atoms with van der Waals surface area (Å²) in [6, 6.07) is 2.14. The molecule has 4 nitrogen and oxygen atoms in total. The molecule has 0 saturated carbocycles. The van der Waals surface area contributed by atoms with E-state index in [1.807, 2.05) is 6.07 Å². The average molecular weight is 223 g/mol. The second kappa shape index (κ2) is 4.44. The zero-order chi connectivity index (χ0) is 10.7. The Morgan fingerprint density at radius 3 is 3.00 bits per heavy atom. The fourth-order valence-electron chi connectivity index (χ4n) is 1.24. The first-order valence-electron chi connectivity index (χ1n) is 4.90. The number of rotatable bonds is 4. The van der Waals surface area contributed by atoms with Gasteiger partial charge in [0.2, 0.25) is 5.13 Å². The molecule has 0 aliphatic heterocycles. The molecule has 0 bridgehead atoms.